The lowest BCUT2D eigenvalue weighted by Crippen LogP contribution is -2.32. The average molecular weight is 256 g/mol. The maximum absolute atomic E-state index is 11.3. The Morgan fingerprint density at radius 3 is 2.53 bits per heavy atom. The predicted octanol–water partition coefficient (Wildman–Crippen LogP) is 1.96. The van der Waals surface area contributed by atoms with E-state index in [2.05, 4.69) is 17.9 Å². The van der Waals surface area contributed by atoms with Gasteiger partial charge in [-0.1, -0.05) is 18.2 Å². The smallest absolute Gasteiger partial charge is 0.377 e. The topological polar surface area (TPSA) is 81.5 Å². The van der Waals surface area contributed by atoms with Crippen LogP contribution in [0.15, 0.2) is 30.3 Å². The van der Waals surface area contributed by atoms with Crippen LogP contribution < -0.4 is 5.32 Å². The van der Waals surface area contributed by atoms with Crippen molar-refractivity contribution in [2.24, 2.45) is 0 Å². The van der Waals surface area contributed by atoms with E-state index in [1.54, 1.807) is 25.1 Å². The molecule has 1 aromatic carbocycles. The molecule has 0 aromatic heterocycles. The van der Waals surface area contributed by atoms with Crippen LogP contribution in [-0.4, -0.2) is 16.4 Å². The summed E-state index contributed by atoms with van der Waals surface area (Å²) in [5.74, 6) is 0. The molecule has 0 aliphatic rings. The van der Waals surface area contributed by atoms with E-state index in [4.69, 9.17) is 4.74 Å². The van der Waals surface area contributed by atoms with Crippen LogP contribution >= 0.6 is 12.6 Å². The number of ether oxygens (including phenoxy) is 1. The number of alkyl carbamates (subject to hydrolysis) is 1. The van der Waals surface area contributed by atoms with Crippen LogP contribution in [0.5, 0.6) is 0 Å². The fraction of sp³-hybridized carbons (Fsp3) is 0.300. The largest absolute Gasteiger partial charge is 0.413 e. The van der Waals surface area contributed by atoms with Crippen molar-refractivity contribution >= 4 is 18.7 Å². The minimum atomic E-state index is -1.51. The normalized spacial score (nSPS) is 13.5. The molecule has 2 unspecified atom stereocenters. The highest BCUT2D eigenvalue weighted by atomic mass is 32.1. The van der Waals surface area contributed by atoms with Gasteiger partial charge in [0.05, 0.1) is 15.9 Å². The standard InChI is InChI=1S/C10H12N2O4S/c1-7(17)11-10(13)16-9(12(14)15)8-5-3-2-4-6-8/h2-7,9,17H,1H3,(H,11,13). The second-order valence-electron chi connectivity index (χ2n) is 3.27. The summed E-state index contributed by atoms with van der Waals surface area (Å²) >= 11 is 3.92. The van der Waals surface area contributed by atoms with E-state index in [9.17, 15) is 14.9 Å². The maximum atomic E-state index is 11.3. The molecule has 0 aliphatic heterocycles. The van der Waals surface area contributed by atoms with Crippen molar-refractivity contribution in [3.8, 4) is 0 Å². The van der Waals surface area contributed by atoms with Gasteiger partial charge in [0.15, 0.2) is 0 Å². The quantitative estimate of drug-likeness (QED) is 0.373. The van der Waals surface area contributed by atoms with Gasteiger partial charge in [0, 0.05) is 0 Å². The minimum Gasteiger partial charge on any atom is -0.377 e. The van der Waals surface area contributed by atoms with Crippen molar-refractivity contribution < 1.29 is 14.5 Å². The highest BCUT2D eigenvalue weighted by molar-refractivity contribution is 7.80. The molecule has 17 heavy (non-hydrogen) atoms. The van der Waals surface area contributed by atoms with Gasteiger partial charge in [-0.2, -0.15) is 12.6 Å². The number of rotatable bonds is 4. The molecule has 6 nitrogen and oxygen atoms in total. The first-order valence-corrected chi connectivity index (χ1v) is 5.36. The van der Waals surface area contributed by atoms with E-state index in [0.717, 1.165) is 0 Å². The van der Waals surface area contributed by atoms with Crippen LogP contribution in [0, 0.1) is 10.1 Å². The number of hydrogen-bond acceptors (Lipinski definition) is 5. The zero-order chi connectivity index (χ0) is 12.8. The second kappa shape index (κ2) is 6.09. The second-order valence-corrected chi connectivity index (χ2v) is 4.05. The number of carbonyl (C=O) groups excluding carboxylic acids is 1. The van der Waals surface area contributed by atoms with E-state index in [0.29, 0.717) is 5.56 Å². The summed E-state index contributed by atoms with van der Waals surface area (Å²) in [5.41, 5.74) is 0.305. The molecule has 2 atom stereocenters. The molecule has 0 aliphatic carbocycles. The molecule has 0 radical (unpaired) electrons. The van der Waals surface area contributed by atoms with Gasteiger partial charge in [-0.05, 0) is 19.1 Å². The Balaban J connectivity index is 2.75. The fourth-order valence-corrected chi connectivity index (χ4v) is 1.26. The summed E-state index contributed by atoms with van der Waals surface area (Å²) < 4.78 is 4.71. The fourth-order valence-electron chi connectivity index (χ4n) is 1.16. The summed E-state index contributed by atoms with van der Waals surface area (Å²) in [7, 11) is 0. The lowest BCUT2D eigenvalue weighted by Gasteiger charge is -2.12. The van der Waals surface area contributed by atoms with E-state index in [1.165, 1.54) is 12.1 Å². The number of nitrogens with one attached hydrogen (secondary N) is 1. The van der Waals surface area contributed by atoms with Crippen LogP contribution in [0.25, 0.3) is 0 Å². The molecule has 1 rings (SSSR count). The van der Waals surface area contributed by atoms with E-state index < -0.39 is 22.6 Å². The highest BCUT2D eigenvalue weighted by Crippen LogP contribution is 2.17. The third kappa shape index (κ3) is 4.31. The van der Waals surface area contributed by atoms with E-state index in [1.807, 2.05) is 0 Å². The third-order valence-corrected chi connectivity index (χ3v) is 1.95. The third-order valence-electron chi connectivity index (χ3n) is 1.82. The first-order valence-electron chi connectivity index (χ1n) is 4.84. The van der Waals surface area contributed by atoms with Gasteiger partial charge in [0.25, 0.3) is 0 Å². The van der Waals surface area contributed by atoms with Crippen molar-refractivity contribution in [2.75, 3.05) is 0 Å². The first-order chi connectivity index (χ1) is 8.00. The average Bonchev–Trinajstić information content (AvgIpc) is 2.25. The molecule has 0 spiro atoms. The van der Waals surface area contributed by atoms with Crippen molar-refractivity contribution in [2.45, 2.75) is 18.5 Å². The summed E-state index contributed by atoms with van der Waals surface area (Å²) in [5, 5.41) is 12.7. The van der Waals surface area contributed by atoms with Crippen LogP contribution in [0.1, 0.15) is 18.7 Å². The summed E-state index contributed by atoms with van der Waals surface area (Å²) in [4.78, 5) is 21.4. The highest BCUT2D eigenvalue weighted by Gasteiger charge is 2.27. The van der Waals surface area contributed by atoms with Crippen LogP contribution in [0.2, 0.25) is 0 Å². The van der Waals surface area contributed by atoms with Gasteiger partial charge >= 0.3 is 12.3 Å². The van der Waals surface area contributed by atoms with Crippen LogP contribution in [0.4, 0.5) is 4.79 Å². The molecule has 0 saturated carbocycles. The summed E-state index contributed by atoms with van der Waals surface area (Å²) in [6.07, 6.45) is -2.39. The van der Waals surface area contributed by atoms with Gasteiger partial charge < -0.3 is 10.1 Å². The Kier molecular flexibility index (Phi) is 4.77. The molecule has 0 saturated heterocycles. The zero-order valence-electron chi connectivity index (χ0n) is 9.07. The van der Waals surface area contributed by atoms with Crippen molar-refractivity contribution in [1.82, 2.24) is 5.32 Å². The van der Waals surface area contributed by atoms with Crippen molar-refractivity contribution in [3.63, 3.8) is 0 Å². The SMILES string of the molecule is CC(S)NC(=O)OC(c1ccccc1)[N+](=O)[O-]. The predicted molar refractivity (Wildman–Crippen MR) is 64.2 cm³/mol. The molecule has 0 heterocycles. The van der Waals surface area contributed by atoms with Crippen LogP contribution in [-0.2, 0) is 4.74 Å². The number of thiol groups is 1. The van der Waals surface area contributed by atoms with Crippen molar-refractivity contribution in [1.29, 1.82) is 0 Å². The molecule has 7 heteroatoms. The van der Waals surface area contributed by atoms with Crippen LogP contribution in [0.3, 0.4) is 0 Å². The molecule has 0 bridgehead atoms. The number of amides is 1. The van der Waals surface area contributed by atoms with Gasteiger partial charge in [-0.3, -0.25) is 10.1 Å². The molecule has 1 N–H and O–H groups in total. The van der Waals surface area contributed by atoms with Gasteiger partial charge in [0.2, 0.25) is 0 Å². The molecule has 92 valence electrons. The van der Waals surface area contributed by atoms with Gasteiger partial charge in [-0.25, -0.2) is 4.79 Å². The number of nitrogens with zero attached hydrogens (tertiary/aromatic N) is 1. The number of carbonyl (C=O) groups is 1. The summed E-state index contributed by atoms with van der Waals surface area (Å²) in [6.45, 7) is 1.61. The van der Waals surface area contributed by atoms with Gasteiger partial charge in [0.1, 0.15) is 0 Å². The van der Waals surface area contributed by atoms with E-state index in [-0.39, 0.29) is 0 Å². The maximum Gasteiger partial charge on any atom is 0.413 e. The summed E-state index contributed by atoms with van der Waals surface area (Å²) in [6, 6.07) is 8.02. The lowest BCUT2D eigenvalue weighted by molar-refractivity contribution is -0.575. The van der Waals surface area contributed by atoms with Crippen molar-refractivity contribution in [3.05, 3.63) is 46.0 Å². The molecule has 1 amide bonds. The number of hydrogen-bond donors (Lipinski definition) is 2. The first kappa shape index (κ1) is 13.3. The van der Waals surface area contributed by atoms with Gasteiger partial charge in [-0.15, -0.1) is 0 Å². The molecule has 0 fully saturated rings. The molecular formula is C10H12N2O4S. The molecule has 1 aromatic rings. The Bertz CT molecular complexity index is 397. The zero-order valence-corrected chi connectivity index (χ0v) is 9.96. The Morgan fingerprint density at radius 1 is 1.47 bits per heavy atom. The van der Waals surface area contributed by atoms with E-state index >= 15 is 0 Å². The lowest BCUT2D eigenvalue weighted by atomic mass is 10.2. The minimum absolute atomic E-state index is 0.305. The Labute approximate surface area is 104 Å². The Morgan fingerprint density at radius 2 is 2.06 bits per heavy atom. The Hall–Kier alpha value is -1.76. The molecular weight excluding hydrogens is 244 g/mol. The monoisotopic (exact) mass is 256 g/mol. The number of benzene rings is 1. The number of nitro groups is 1.